The maximum atomic E-state index is 12.4. The molecule has 0 bridgehead atoms. The Balaban J connectivity index is 1.68. The molecule has 132 valence electrons. The summed E-state index contributed by atoms with van der Waals surface area (Å²) < 4.78 is 1.61. The summed E-state index contributed by atoms with van der Waals surface area (Å²) >= 11 is 0. The van der Waals surface area contributed by atoms with Crippen LogP contribution in [0, 0.1) is 6.92 Å². The van der Waals surface area contributed by atoms with Gasteiger partial charge < -0.3 is 5.32 Å². The minimum Gasteiger partial charge on any atom is -0.351 e. The van der Waals surface area contributed by atoms with E-state index in [4.69, 9.17) is 0 Å². The first-order chi connectivity index (χ1) is 12.6. The van der Waals surface area contributed by atoms with Gasteiger partial charge in [0.15, 0.2) is 5.69 Å². The van der Waals surface area contributed by atoms with Crippen LogP contribution < -0.4 is 10.7 Å². The Morgan fingerprint density at radius 3 is 2.38 bits per heavy atom. The van der Waals surface area contributed by atoms with E-state index in [1.165, 1.54) is 11.6 Å². The lowest BCUT2D eigenvalue weighted by molar-refractivity contribution is 0.0945. The van der Waals surface area contributed by atoms with Gasteiger partial charge in [-0.2, -0.15) is 5.10 Å². The summed E-state index contributed by atoms with van der Waals surface area (Å²) in [5.74, 6) is -0.437. The van der Waals surface area contributed by atoms with E-state index in [0.717, 1.165) is 18.5 Å². The van der Waals surface area contributed by atoms with Crippen molar-refractivity contribution in [1.29, 1.82) is 0 Å². The van der Waals surface area contributed by atoms with Gasteiger partial charge in [-0.1, -0.05) is 48.5 Å². The van der Waals surface area contributed by atoms with Crippen LogP contribution in [0.25, 0.3) is 5.69 Å². The van der Waals surface area contributed by atoms with Crippen molar-refractivity contribution in [2.75, 3.05) is 6.54 Å². The zero-order chi connectivity index (χ0) is 18.4. The maximum Gasteiger partial charge on any atom is 0.275 e. The highest BCUT2D eigenvalue weighted by atomic mass is 16.2. The third kappa shape index (κ3) is 4.25. The molecule has 5 heteroatoms. The van der Waals surface area contributed by atoms with Crippen LogP contribution in [-0.2, 0) is 6.42 Å². The van der Waals surface area contributed by atoms with E-state index in [9.17, 15) is 9.59 Å². The molecule has 0 spiro atoms. The largest absolute Gasteiger partial charge is 0.351 e. The molecule has 1 amide bonds. The number of aromatic nitrogens is 2. The molecule has 0 fully saturated rings. The number of aryl methyl sites for hydroxylation is 2. The average molecular weight is 347 g/mol. The summed E-state index contributed by atoms with van der Waals surface area (Å²) in [4.78, 5) is 24.6. The number of hydrogen-bond donors (Lipinski definition) is 1. The molecular weight excluding hydrogens is 326 g/mol. The van der Waals surface area contributed by atoms with Gasteiger partial charge in [-0.25, -0.2) is 4.68 Å². The van der Waals surface area contributed by atoms with Crippen LogP contribution in [0.3, 0.4) is 0 Å². The molecule has 0 aliphatic rings. The molecule has 1 heterocycles. The van der Waals surface area contributed by atoms with Gasteiger partial charge in [-0.15, -0.1) is 0 Å². The number of nitrogens with one attached hydrogen (secondary N) is 1. The van der Waals surface area contributed by atoms with E-state index in [2.05, 4.69) is 22.5 Å². The van der Waals surface area contributed by atoms with E-state index in [0.29, 0.717) is 12.2 Å². The molecule has 0 atom stereocenters. The zero-order valence-corrected chi connectivity index (χ0v) is 14.7. The van der Waals surface area contributed by atoms with Crippen molar-refractivity contribution in [2.45, 2.75) is 19.8 Å². The summed E-state index contributed by atoms with van der Waals surface area (Å²) in [6, 6.07) is 21.0. The number of rotatable bonds is 6. The van der Waals surface area contributed by atoms with Gasteiger partial charge in [0.2, 0.25) is 5.43 Å². The Morgan fingerprint density at radius 2 is 1.69 bits per heavy atom. The zero-order valence-electron chi connectivity index (χ0n) is 14.7. The normalized spacial score (nSPS) is 10.5. The Kier molecular flexibility index (Phi) is 5.59. The van der Waals surface area contributed by atoms with Gasteiger partial charge in [0.05, 0.1) is 5.69 Å². The van der Waals surface area contributed by atoms with Gasteiger partial charge in [-0.05, 0) is 37.5 Å². The van der Waals surface area contributed by atoms with Crippen LogP contribution in [0.5, 0.6) is 0 Å². The predicted molar refractivity (Wildman–Crippen MR) is 102 cm³/mol. The first-order valence-electron chi connectivity index (χ1n) is 8.63. The van der Waals surface area contributed by atoms with Gasteiger partial charge in [-0.3, -0.25) is 9.59 Å². The molecule has 26 heavy (non-hydrogen) atoms. The highest BCUT2D eigenvalue weighted by molar-refractivity contribution is 5.92. The number of para-hydroxylation sites is 1. The van der Waals surface area contributed by atoms with Crippen molar-refractivity contribution in [3.63, 3.8) is 0 Å². The van der Waals surface area contributed by atoms with Crippen molar-refractivity contribution in [3.8, 4) is 5.69 Å². The van der Waals surface area contributed by atoms with Gasteiger partial charge in [0.25, 0.3) is 5.91 Å². The van der Waals surface area contributed by atoms with Crippen molar-refractivity contribution in [3.05, 3.63) is 93.9 Å². The Hall–Kier alpha value is -3.21. The highest BCUT2D eigenvalue weighted by Gasteiger charge is 2.14. The highest BCUT2D eigenvalue weighted by Crippen LogP contribution is 2.08. The number of nitrogens with zero attached hydrogens (tertiary/aromatic N) is 2. The van der Waals surface area contributed by atoms with E-state index in [1.807, 2.05) is 48.5 Å². The molecular formula is C21H21N3O2. The van der Waals surface area contributed by atoms with E-state index in [-0.39, 0.29) is 11.1 Å². The lowest BCUT2D eigenvalue weighted by Gasteiger charge is -2.11. The summed E-state index contributed by atoms with van der Waals surface area (Å²) in [6.07, 6.45) is 1.67. The van der Waals surface area contributed by atoms with Crippen molar-refractivity contribution in [1.82, 2.24) is 15.1 Å². The number of carbonyl (C=O) groups excluding carboxylic acids is 1. The molecule has 5 nitrogen and oxygen atoms in total. The molecule has 1 aromatic heterocycles. The van der Waals surface area contributed by atoms with Crippen molar-refractivity contribution < 1.29 is 4.79 Å². The lowest BCUT2D eigenvalue weighted by Crippen LogP contribution is -2.32. The summed E-state index contributed by atoms with van der Waals surface area (Å²) in [7, 11) is 0. The number of benzene rings is 2. The van der Waals surface area contributed by atoms with Crippen LogP contribution in [0.4, 0.5) is 0 Å². The van der Waals surface area contributed by atoms with Gasteiger partial charge >= 0.3 is 0 Å². The number of carbonyl (C=O) groups is 1. The minimum absolute atomic E-state index is 0.0841. The summed E-state index contributed by atoms with van der Waals surface area (Å²) in [5.41, 5.74) is 2.26. The van der Waals surface area contributed by atoms with Crippen LogP contribution in [-0.4, -0.2) is 22.2 Å². The summed E-state index contributed by atoms with van der Waals surface area (Å²) in [6.45, 7) is 2.29. The second kappa shape index (κ2) is 8.25. The molecule has 3 rings (SSSR count). The SMILES string of the molecule is Cc1cc(=O)c(C(=O)NCCCc2ccccc2)nn1-c1ccccc1. The average Bonchev–Trinajstić information content (AvgIpc) is 2.67. The molecule has 0 radical (unpaired) electrons. The van der Waals surface area contributed by atoms with Gasteiger partial charge in [0.1, 0.15) is 0 Å². The smallest absolute Gasteiger partial charge is 0.275 e. The van der Waals surface area contributed by atoms with Gasteiger partial charge in [0, 0.05) is 18.3 Å². The number of amides is 1. The Morgan fingerprint density at radius 1 is 1.04 bits per heavy atom. The minimum atomic E-state index is -0.437. The molecule has 0 saturated heterocycles. The molecule has 2 aromatic carbocycles. The van der Waals surface area contributed by atoms with Crippen molar-refractivity contribution >= 4 is 5.91 Å². The maximum absolute atomic E-state index is 12.4. The second-order valence-electron chi connectivity index (χ2n) is 6.09. The fraction of sp³-hybridized carbons (Fsp3) is 0.190. The summed E-state index contributed by atoms with van der Waals surface area (Å²) in [5, 5.41) is 7.06. The first-order valence-corrected chi connectivity index (χ1v) is 8.63. The standard InChI is InChI=1S/C21H21N3O2/c1-16-15-19(25)20(23-24(16)18-12-6-3-7-13-18)21(26)22-14-8-11-17-9-4-2-5-10-17/h2-7,9-10,12-13,15H,8,11,14H2,1H3,(H,22,26). The molecule has 0 aliphatic heterocycles. The molecule has 3 aromatic rings. The lowest BCUT2D eigenvalue weighted by atomic mass is 10.1. The van der Waals surface area contributed by atoms with E-state index < -0.39 is 5.91 Å². The second-order valence-corrected chi connectivity index (χ2v) is 6.09. The Bertz CT molecular complexity index is 934. The quantitative estimate of drug-likeness (QED) is 0.697. The van der Waals surface area contributed by atoms with Crippen LogP contribution in [0.15, 0.2) is 71.5 Å². The predicted octanol–water partition coefficient (Wildman–Crippen LogP) is 2.90. The molecule has 0 unspecified atom stereocenters. The van der Waals surface area contributed by atoms with E-state index >= 15 is 0 Å². The van der Waals surface area contributed by atoms with Crippen LogP contribution in [0.1, 0.15) is 28.2 Å². The monoisotopic (exact) mass is 347 g/mol. The van der Waals surface area contributed by atoms with E-state index in [1.54, 1.807) is 11.6 Å². The first kappa shape index (κ1) is 17.6. The third-order valence-corrected chi connectivity index (χ3v) is 4.09. The Labute approximate surface area is 152 Å². The third-order valence-electron chi connectivity index (χ3n) is 4.09. The topological polar surface area (TPSA) is 64.0 Å². The fourth-order valence-corrected chi connectivity index (χ4v) is 2.76. The molecule has 1 N–H and O–H groups in total. The fourth-order valence-electron chi connectivity index (χ4n) is 2.76. The molecule has 0 saturated carbocycles. The van der Waals surface area contributed by atoms with Crippen LogP contribution in [0.2, 0.25) is 0 Å². The van der Waals surface area contributed by atoms with Crippen molar-refractivity contribution in [2.24, 2.45) is 0 Å². The number of hydrogen-bond acceptors (Lipinski definition) is 3. The van der Waals surface area contributed by atoms with Crippen LogP contribution >= 0.6 is 0 Å². The molecule has 0 aliphatic carbocycles.